The minimum Gasteiger partial charge on any atom is -0.345 e. The molecule has 0 saturated carbocycles. The number of benzene rings is 1. The summed E-state index contributed by atoms with van der Waals surface area (Å²) < 4.78 is 12.1. The average molecular weight is 306 g/mol. The molecular weight excluding hydrogens is 284 g/mol. The van der Waals surface area contributed by atoms with E-state index in [4.69, 9.17) is 5.26 Å². The second kappa shape index (κ2) is 8.58. The number of hydrogen-bond acceptors (Lipinski definition) is 3. The van der Waals surface area contributed by atoms with E-state index < -0.39 is 10.8 Å². The van der Waals surface area contributed by atoms with Crippen molar-refractivity contribution in [3.8, 4) is 6.07 Å². The Morgan fingerprint density at radius 3 is 2.48 bits per heavy atom. The van der Waals surface area contributed by atoms with Gasteiger partial charge in [0.2, 0.25) is 5.91 Å². The molecule has 0 aliphatic rings. The molecule has 0 aromatic heterocycles. The molecule has 1 aromatic carbocycles. The third kappa shape index (κ3) is 6.54. The zero-order valence-electron chi connectivity index (χ0n) is 12.9. The van der Waals surface area contributed by atoms with E-state index in [1.165, 1.54) is 4.90 Å². The lowest BCUT2D eigenvalue weighted by Crippen LogP contribution is -2.28. The maximum absolute atomic E-state index is 12.1. The summed E-state index contributed by atoms with van der Waals surface area (Å²) in [6.07, 6.45) is 0.591. The first-order chi connectivity index (χ1) is 9.92. The van der Waals surface area contributed by atoms with Crippen molar-refractivity contribution in [3.63, 3.8) is 0 Å². The molecule has 0 fully saturated rings. The molecule has 21 heavy (non-hydrogen) atoms. The van der Waals surface area contributed by atoms with Crippen LogP contribution in [-0.2, 0) is 21.3 Å². The maximum atomic E-state index is 12.1. The second-order valence-corrected chi connectivity index (χ2v) is 6.83. The van der Waals surface area contributed by atoms with Gasteiger partial charge < -0.3 is 4.90 Å². The molecule has 1 rings (SSSR count). The summed E-state index contributed by atoms with van der Waals surface area (Å²) in [4.78, 5) is 13.3. The highest BCUT2D eigenvalue weighted by molar-refractivity contribution is 7.84. The van der Waals surface area contributed by atoms with E-state index in [0.717, 1.165) is 16.7 Å². The SMILES string of the molecule is Cc1cc(C)cc(CS(=O)CCC(=O)N(C)CCC#N)c1. The summed E-state index contributed by atoms with van der Waals surface area (Å²) in [6.45, 7) is 4.47. The van der Waals surface area contributed by atoms with Crippen molar-refractivity contribution in [2.45, 2.75) is 32.4 Å². The van der Waals surface area contributed by atoms with Crippen LogP contribution < -0.4 is 0 Å². The third-order valence-corrected chi connectivity index (χ3v) is 4.45. The van der Waals surface area contributed by atoms with Gasteiger partial charge in [-0.2, -0.15) is 5.26 Å². The molecule has 0 N–H and O–H groups in total. The van der Waals surface area contributed by atoms with Crippen molar-refractivity contribution in [1.82, 2.24) is 4.90 Å². The van der Waals surface area contributed by atoms with Crippen LogP contribution >= 0.6 is 0 Å². The van der Waals surface area contributed by atoms with E-state index >= 15 is 0 Å². The highest BCUT2D eigenvalue weighted by Crippen LogP contribution is 2.11. The number of hydrogen-bond donors (Lipinski definition) is 0. The number of nitrogens with zero attached hydrogens (tertiary/aromatic N) is 2. The highest BCUT2D eigenvalue weighted by Gasteiger charge is 2.11. The lowest BCUT2D eigenvalue weighted by atomic mass is 10.1. The van der Waals surface area contributed by atoms with Crippen LogP contribution in [0.5, 0.6) is 0 Å². The Kier molecular flexibility index (Phi) is 7.10. The second-order valence-electron chi connectivity index (χ2n) is 5.26. The summed E-state index contributed by atoms with van der Waals surface area (Å²) in [5.74, 6) is 0.791. The first kappa shape index (κ1) is 17.4. The molecule has 4 nitrogen and oxygen atoms in total. The van der Waals surface area contributed by atoms with E-state index in [0.29, 0.717) is 24.5 Å². The Labute approximate surface area is 129 Å². The summed E-state index contributed by atoms with van der Waals surface area (Å²) >= 11 is 0. The van der Waals surface area contributed by atoms with Gasteiger partial charge in [0, 0.05) is 42.3 Å². The van der Waals surface area contributed by atoms with Gasteiger partial charge in [0.15, 0.2) is 0 Å². The Bertz CT molecular complexity index is 544. The summed E-state index contributed by atoms with van der Waals surface area (Å²) in [6, 6.07) is 8.16. The fourth-order valence-electron chi connectivity index (χ4n) is 2.14. The molecule has 0 radical (unpaired) electrons. The fourth-order valence-corrected chi connectivity index (χ4v) is 3.23. The van der Waals surface area contributed by atoms with Gasteiger partial charge >= 0.3 is 0 Å². The first-order valence-electron chi connectivity index (χ1n) is 6.95. The zero-order valence-corrected chi connectivity index (χ0v) is 13.7. The molecule has 1 aromatic rings. The van der Waals surface area contributed by atoms with Crippen LogP contribution in [-0.4, -0.2) is 34.4 Å². The van der Waals surface area contributed by atoms with Crippen molar-refractivity contribution >= 4 is 16.7 Å². The predicted octanol–water partition coefficient (Wildman–Crippen LogP) is 2.31. The van der Waals surface area contributed by atoms with Crippen LogP contribution in [0.2, 0.25) is 0 Å². The Hall–Kier alpha value is -1.67. The molecule has 0 bridgehead atoms. The third-order valence-electron chi connectivity index (χ3n) is 3.14. The molecule has 1 amide bonds. The van der Waals surface area contributed by atoms with Crippen molar-refractivity contribution in [2.24, 2.45) is 0 Å². The van der Waals surface area contributed by atoms with Crippen LogP contribution in [0.3, 0.4) is 0 Å². The van der Waals surface area contributed by atoms with Gasteiger partial charge in [-0.15, -0.1) is 0 Å². The van der Waals surface area contributed by atoms with Crippen molar-refractivity contribution < 1.29 is 9.00 Å². The zero-order chi connectivity index (χ0) is 15.8. The molecular formula is C16H22N2O2S. The minimum absolute atomic E-state index is 0.0565. The minimum atomic E-state index is -1.04. The van der Waals surface area contributed by atoms with Gasteiger partial charge in [0.25, 0.3) is 0 Å². The Balaban J connectivity index is 2.44. The predicted molar refractivity (Wildman–Crippen MR) is 85.1 cm³/mol. The molecule has 0 heterocycles. The van der Waals surface area contributed by atoms with Crippen LogP contribution in [0.4, 0.5) is 0 Å². The molecule has 0 aliphatic heterocycles. The van der Waals surface area contributed by atoms with Gasteiger partial charge in [-0.05, 0) is 19.4 Å². The van der Waals surface area contributed by atoms with Crippen molar-refractivity contribution in [2.75, 3.05) is 19.3 Å². The van der Waals surface area contributed by atoms with Crippen LogP contribution in [0.15, 0.2) is 18.2 Å². The van der Waals surface area contributed by atoms with E-state index in [1.54, 1.807) is 7.05 Å². The summed E-state index contributed by atoms with van der Waals surface area (Å²) in [5, 5.41) is 8.49. The molecule has 0 saturated heterocycles. The van der Waals surface area contributed by atoms with Crippen molar-refractivity contribution in [3.05, 3.63) is 34.9 Å². The highest BCUT2D eigenvalue weighted by atomic mass is 32.2. The smallest absolute Gasteiger partial charge is 0.223 e. The number of aryl methyl sites for hydroxylation is 2. The maximum Gasteiger partial charge on any atom is 0.223 e. The number of nitriles is 1. The van der Waals surface area contributed by atoms with Crippen LogP contribution in [0.1, 0.15) is 29.5 Å². The van der Waals surface area contributed by atoms with Gasteiger partial charge in [-0.1, -0.05) is 29.3 Å². The van der Waals surface area contributed by atoms with E-state index in [9.17, 15) is 9.00 Å². The van der Waals surface area contributed by atoms with Crippen LogP contribution in [0, 0.1) is 25.2 Å². The molecule has 1 atom stereocenters. The summed E-state index contributed by atoms with van der Waals surface area (Å²) in [5.41, 5.74) is 3.37. The quantitative estimate of drug-likeness (QED) is 0.776. The van der Waals surface area contributed by atoms with E-state index in [2.05, 4.69) is 6.07 Å². The lowest BCUT2D eigenvalue weighted by Gasteiger charge is -2.15. The average Bonchev–Trinajstić information content (AvgIpc) is 2.40. The topological polar surface area (TPSA) is 61.2 Å². The fraction of sp³-hybridized carbons (Fsp3) is 0.500. The van der Waals surface area contributed by atoms with Crippen LogP contribution in [0.25, 0.3) is 0 Å². The Morgan fingerprint density at radius 1 is 1.29 bits per heavy atom. The first-order valence-corrected chi connectivity index (χ1v) is 8.44. The van der Waals surface area contributed by atoms with Gasteiger partial charge in [-0.25, -0.2) is 0 Å². The summed E-state index contributed by atoms with van der Waals surface area (Å²) in [7, 11) is 0.630. The number of rotatable bonds is 7. The van der Waals surface area contributed by atoms with Gasteiger partial charge in [0.05, 0.1) is 12.5 Å². The van der Waals surface area contributed by atoms with Crippen molar-refractivity contribution in [1.29, 1.82) is 5.26 Å². The van der Waals surface area contributed by atoms with Gasteiger partial charge in [0.1, 0.15) is 0 Å². The number of carbonyl (C=O) groups is 1. The number of carbonyl (C=O) groups excluding carboxylic acids is 1. The normalized spacial score (nSPS) is 11.7. The van der Waals surface area contributed by atoms with Gasteiger partial charge in [-0.3, -0.25) is 9.00 Å². The standard InChI is InChI=1S/C16H22N2O2S/c1-13-9-14(2)11-15(10-13)12-21(20)8-5-16(19)18(3)7-4-6-17/h9-11H,4-5,7-8,12H2,1-3H3. The lowest BCUT2D eigenvalue weighted by molar-refractivity contribution is -0.129. The largest absolute Gasteiger partial charge is 0.345 e. The molecule has 0 aliphatic carbocycles. The van der Waals surface area contributed by atoms with E-state index in [-0.39, 0.29) is 12.3 Å². The molecule has 114 valence electrons. The molecule has 0 spiro atoms. The monoisotopic (exact) mass is 306 g/mol. The number of amides is 1. The molecule has 5 heteroatoms. The van der Waals surface area contributed by atoms with E-state index in [1.807, 2.05) is 32.0 Å². The molecule has 1 unspecified atom stereocenters. The Morgan fingerprint density at radius 2 is 1.90 bits per heavy atom.